The number of rotatable bonds is 4. The minimum absolute atomic E-state index is 0.294. The zero-order chi connectivity index (χ0) is 21.1. The summed E-state index contributed by atoms with van der Waals surface area (Å²) >= 11 is 0. The molecule has 0 aliphatic carbocycles. The Morgan fingerprint density at radius 1 is 1.11 bits per heavy atom. The Hall–Kier alpha value is -3.16. The molecule has 0 spiro atoms. The molecule has 0 aliphatic heterocycles. The van der Waals surface area contributed by atoms with Gasteiger partial charge in [0.25, 0.3) is 5.91 Å². The van der Waals surface area contributed by atoms with Gasteiger partial charge in [-0.05, 0) is 53.7 Å². The van der Waals surface area contributed by atoms with Crippen molar-refractivity contribution in [3.8, 4) is 5.69 Å². The predicted octanol–water partition coefficient (Wildman–Crippen LogP) is 2.66. The molecule has 8 nitrogen and oxygen atoms in total. The van der Waals surface area contributed by atoms with Gasteiger partial charge < -0.3 is 10.1 Å². The number of ether oxygens (including phenoxy) is 1. The molecule has 1 heterocycles. The monoisotopic (exact) mass is 386 g/mol. The fourth-order valence-corrected chi connectivity index (χ4v) is 2.62. The minimum Gasteiger partial charge on any atom is -0.449 e. The molecular formula is C20H26N4O4. The van der Waals surface area contributed by atoms with E-state index in [4.69, 9.17) is 4.74 Å². The lowest BCUT2D eigenvalue weighted by Gasteiger charge is -2.21. The highest BCUT2D eigenvalue weighted by atomic mass is 16.5. The number of nitrogens with zero attached hydrogens (tertiary/aromatic N) is 2. The second-order valence-electron chi connectivity index (χ2n) is 7.53. The lowest BCUT2D eigenvalue weighted by atomic mass is 10.1. The molecule has 0 unspecified atom stereocenters. The average molecular weight is 386 g/mol. The number of hydrogen-bond acceptors (Lipinski definition) is 5. The van der Waals surface area contributed by atoms with Gasteiger partial charge in [-0.15, -0.1) is 0 Å². The summed E-state index contributed by atoms with van der Waals surface area (Å²) < 4.78 is 6.90. The Bertz CT molecular complexity index is 882. The molecule has 2 aromatic rings. The minimum atomic E-state index is -1.14. The van der Waals surface area contributed by atoms with Crippen molar-refractivity contribution in [1.29, 1.82) is 0 Å². The summed E-state index contributed by atoms with van der Waals surface area (Å²) in [5, 5.41) is 9.16. The van der Waals surface area contributed by atoms with Crippen molar-refractivity contribution in [1.82, 2.24) is 20.4 Å². The van der Waals surface area contributed by atoms with Crippen LogP contribution >= 0.6 is 0 Å². The van der Waals surface area contributed by atoms with Crippen molar-refractivity contribution < 1.29 is 19.1 Å². The topological polar surface area (TPSA) is 102 Å². The van der Waals surface area contributed by atoms with E-state index in [1.54, 1.807) is 39.3 Å². The van der Waals surface area contributed by atoms with Crippen LogP contribution in [0, 0.1) is 13.8 Å². The van der Waals surface area contributed by atoms with Crippen LogP contribution in [0.1, 0.15) is 49.4 Å². The van der Waals surface area contributed by atoms with E-state index in [0.29, 0.717) is 17.0 Å². The Balaban J connectivity index is 2.09. The Morgan fingerprint density at radius 2 is 1.71 bits per heavy atom. The third-order valence-corrected chi connectivity index (χ3v) is 3.87. The zero-order valence-corrected chi connectivity index (χ0v) is 17.0. The molecule has 0 radical (unpaired) electrons. The number of carbonyl (C=O) groups excluding carboxylic acids is 3. The average Bonchev–Trinajstić information content (AvgIpc) is 2.88. The summed E-state index contributed by atoms with van der Waals surface area (Å²) in [7, 11) is 0. The summed E-state index contributed by atoms with van der Waals surface area (Å²) in [6.07, 6.45) is -1.14. The summed E-state index contributed by atoms with van der Waals surface area (Å²) in [6, 6.07) is 8.74. The van der Waals surface area contributed by atoms with Gasteiger partial charge in [-0.3, -0.25) is 10.1 Å². The third-order valence-electron chi connectivity index (χ3n) is 3.87. The molecule has 0 aliphatic rings. The van der Waals surface area contributed by atoms with Crippen molar-refractivity contribution in [3.05, 3.63) is 47.3 Å². The summed E-state index contributed by atoms with van der Waals surface area (Å²) in [5.41, 5.74) is 1.70. The van der Waals surface area contributed by atoms with Crippen molar-refractivity contribution in [2.24, 2.45) is 0 Å². The predicted molar refractivity (Wildman–Crippen MR) is 104 cm³/mol. The first kappa shape index (κ1) is 21.1. The lowest BCUT2D eigenvalue weighted by Crippen LogP contribution is -2.50. The second-order valence-corrected chi connectivity index (χ2v) is 7.53. The second kappa shape index (κ2) is 8.24. The molecule has 2 rings (SSSR count). The normalized spacial score (nSPS) is 12.2. The summed E-state index contributed by atoms with van der Waals surface area (Å²) in [6.45, 7) is 10.2. The smallest absolute Gasteiger partial charge is 0.342 e. The van der Waals surface area contributed by atoms with Gasteiger partial charge in [0.2, 0.25) is 0 Å². The molecule has 0 saturated carbocycles. The number of amides is 3. The van der Waals surface area contributed by atoms with Gasteiger partial charge in [-0.25, -0.2) is 14.3 Å². The van der Waals surface area contributed by atoms with Crippen LogP contribution in [0.4, 0.5) is 4.79 Å². The fraction of sp³-hybridized carbons (Fsp3) is 0.400. The van der Waals surface area contributed by atoms with Crippen LogP contribution in [0.5, 0.6) is 0 Å². The summed E-state index contributed by atoms with van der Waals surface area (Å²) in [5.74, 6) is -1.38. The molecule has 1 aromatic heterocycles. The molecule has 28 heavy (non-hydrogen) atoms. The zero-order valence-electron chi connectivity index (χ0n) is 17.0. The lowest BCUT2D eigenvalue weighted by molar-refractivity contribution is -0.127. The highest BCUT2D eigenvalue weighted by Crippen LogP contribution is 2.19. The van der Waals surface area contributed by atoms with Gasteiger partial charge in [0, 0.05) is 5.54 Å². The van der Waals surface area contributed by atoms with Gasteiger partial charge in [-0.2, -0.15) is 5.10 Å². The van der Waals surface area contributed by atoms with E-state index in [-0.39, 0.29) is 0 Å². The molecule has 2 N–H and O–H groups in total. The van der Waals surface area contributed by atoms with Crippen molar-refractivity contribution in [2.45, 2.75) is 53.2 Å². The van der Waals surface area contributed by atoms with Crippen molar-refractivity contribution in [3.63, 3.8) is 0 Å². The van der Waals surface area contributed by atoms with Gasteiger partial charge in [0.15, 0.2) is 6.10 Å². The first-order chi connectivity index (χ1) is 13.0. The van der Waals surface area contributed by atoms with Crippen LogP contribution in [0.2, 0.25) is 0 Å². The number of imide groups is 1. The first-order valence-electron chi connectivity index (χ1n) is 8.95. The van der Waals surface area contributed by atoms with Crippen LogP contribution in [0.3, 0.4) is 0 Å². The molecule has 0 bridgehead atoms. The van der Waals surface area contributed by atoms with Crippen LogP contribution in [0.15, 0.2) is 30.3 Å². The standard InChI is InChI=1S/C20H26N4O4/c1-12-16(13(2)24(23-12)15-10-8-7-9-11-15)18(26)28-14(3)17(25)21-19(27)22-20(4,5)6/h7-11,14H,1-6H3,(H2,21,22,25,27)/t14-/m1/s1. The van der Waals surface area contributed by atoms with E-state index in [9.17, 15) is 14.4 Å². The Labute approximate surface area is 164 Å². The van der Waals surface area contributed by atoms with E-state index >= 15 is 0 Å². The maximum atomic E-state index is 12.6. The van der Waals surface area contributed by atoms with Gasteiger partial charge in [0.05, 0.1) is 17.1 Å². The number of aryl methyl sites for hydroxylation is 1. The van der Waals surface area contributed by atoms with Gasteiger partial charge in [-0.1, -0.05) is 18.2 Å². The van der Waals surface area contributed by atoms with E-state index < -0.39 is 29.6 Å². The SMILES string of the molecule is Cc1nn(-c2ccccc2)c(C)c1C(=O)O[C@H](C)C(=O)NC(=O)NC(C)(C)C. The number of benzene rings is 1. The quantitative estimate of drug-likeness (QED) is 0.787. The maximum Gasteiger partial charge on any atom is 0.342 e. The van der Waals surface area contributed by atoms with Gasteiger partial charge in [0.1, 0.15) is 5.56 Å². The van der Waals surface area contributed by atoms with Crippen LogP contribution in [-0.2, 0) is 9.53 Å². The van der Waals surface area contributed by atoms with E-state index in [1.807, 2.05) is 30.3 Å². The highest BCUT2D eigenvalue weighted by molar-refractivity contribution is 5.99. The summed E-state index contributed by atoms with van der Waals surface area (Å²) in [4.78, 5) is 36.5. The van der Waals surface area contributed by atoms with Gasteiger partial charge >= 0.3 is 12.0 Å². The molecule has 8 heteroatoms. The molecule has 1 atom stereocenters. The molecular weight excluding hydrogens is 360 g/mol. The molecule has 0 saturated heterocycles. The molecule has 3 amide bonds. The number of carbonyl (C=O) groups is 3. The van der Waals surface area contributed by atoms with Crippen LogP contribution in [0.25, 0.3) is 5.69 Å². The fourth-order valence-electron chi connectivity index (χ4n) is 2.62. The first-order valence-corrected chi connectivity index (χ1v) is 8.95. The number of hydrogen-bond donors (Lipinski definition) is 2. The third kappa shape index (κ3) is 5.18. The maximum absolute atomic E-state index is 12.6. The number of para-hydroxylation sites is 1. The van der Waals surface area contributed by atoms with Crippen LogP contribution in [-0.4, -0.2) is 39.3 Å². The van der Waals surface area contributed by atoms with E-state index in [2.05, 4.69) is 15.7 Å². The highest BCUT2D eigenvalue weighted by Gasteiger charge is 2.26. The molecule has 1 aromatic carbocycles. The molecule has 0 fully saturated rings. The van der Waals surface area contributed by atoms with Crippen molar-refractivity contribution >= 4 is 17.9 Å². The van der Waals surface area contributed by atoms with E-state index in [1.165, 1.54) is 6.92 Å². The number of nitrogens with one attached hydrogen (secondary N) is 2. The van der Waals surface area contributed by atoms with E-state index in [0.717, 1.165) is 5.69 Å². The van der Waals surface area contributed by atoms with Crippen LogP contribution < -0.4 is 10.6 Å². The number of aromatic nitrogens is 2. The Kier molecular flexibility index (Phi) is 6.23. The number of esters is 1. The Morgan fingerprint density at radius 3 is 2.29 bits per heavy atom. The number of urea groups is 1. The largest absolute Gasteiger partial charge is 0.449 e. The van der Waals surface area contributed by atoms with Crippen molar-refractivity contribution in [2.75, 3.05) is 0 Å². The molecule has 150 valence electrons.